The lowest BCUT2D eigenvalue weighted by atomic mass is 9.95. The number of thiophene rings is 1. The van der Waals surface area contributed by atoms with Crippen molar-refractivity contribution in [3.63, 3.8) is 0 Å². The molecule has 1 N–H and O–H groups in total. The zero-order chi connectivity index (χ0) is 20.8. The highest BCUT2D eigenvalue weighted by atomic mass is 32.2. The lowest BCUT2D eigenvalue weighted by Crippen LogP contribution is -2.17. The summed E-state index contributed by atoms with van der Waals surface area (Å²) >= 11 is 2.90. The Balaban J connectivity index is 1.70. The van der Waals surface area contributed by atoms with Crippen molar-refractivity contribution in [2.75, 3.05) is 31.9 Å². The number of esters is 1. The Labute approximate surface area is 178 Å². The summed E-state index contributed by atoms with van der Waals surface area (Å²) in [5.74, 6) is 0.974. The first kappa shape index (κ1) is 21.5. The van der Waals surface area contributed by atoms with Gasteiger partial charge in [0.1, 0.15) is 5.00 Å². The fourth-order valence-electron chi connectivity index (χ4n) is 3.29. The molecule has 0 bridgehead atoms. The van der Waals surface area contributed by atoms with E-state index in [9.17, 15) is 9.59 Å². The second-order valence-electron chi connectivity index (χ2n) is 6.49. The third kappa shape index (κ3) is 5.05. The molecule has 0 saturated heterocycles. The number of anilines is 1. The van der Waals surface area contributed by atoms with Gasteiger partial charge in [0.25, 0.3) is 0 Å². The van der Waals surface area contributed by atoms with Crippen LogP contribution in [-0.2, 0) is 22.4 Å². The zero-order valence-electron chi connectivity index (χ0n) is 16.8. The van der Waals surface area contributed by atoms with Crippen LogP contribution in [0.3, 0.4) is 0 Å². The van der Waals surface area contributed by atoms with Crippen molar-refractivity contribution in [1.82, 2.24) is 0 Å². The van der Waals surface area contributed by atoms with E-state index in [4.69, 9.17) is 14.2 Å². The Morgan fingerprint density at radius 1 is 1.14 bits per heavy atom. The van der Waals surface area contributed by atoms with Crippen LogP contribution in [0, 0.1) is 0 Å². The van der Waals surface area contributed by atoms with Gasteiger partial charge in [0.2, 0.25) is 5.91 Å². The highest BCUT2D eigenvalue weighted by molar-refractivity contribution is 8.00. The Hall–Kier alpha value is -2.19. The maximum atomic E-state index is 12.6. The number of rotatable bonds is 8. The van der Waals surface area contributed by atoms with Crippen LogP contribution in [-0.4, -0.2) is 38.5 Å². The highest BCUT2D eigenvalue weighted by Crippen LogP contribution is 2.39. The first-order valence-electron chi connectivity index (χ1n) is 9.53. The van der Waals surface area contributed by atoms with E-state index in [0.29, 0.717) is 28.7 Å². The molecule has 0 aliphatic heterocycles. The van der Waals surface area contributed by atoms with Gasteiger partial charge in [0.15, 0.2) is 11.5 Å². The fourth-order valence-corrected chi connectivity index (χ4v) is 5.31. The van der Waals surface area contributed by atoms with Gasteiger partial charge in [-0.25, -0.2) is 4.79 Å². The summed E-state index contributed by atoms with van der Waals surface area (Å²) in [4.78, 5) is 27.1. The van der Waals surface area contributed by atoms with Crippen LogP contribution in [0.2, 0.25) is 0 Å². The molecule has 1 aliphatic rings. The van der Waals surface area contributed by atoms with Gasteiger partial charge >= 0.3 is 5.97 Å². The van der Waals surface area contributed by atoms with E-state index in [-0.39, 0.29) is 17.6 Å². The molecule has 3 rings (SSSR count). The highest BCUT2D eigenvalue weighted by Gasteiger charge is 2.27. The molecule has 6 nitrogen and oxygen atoms in total. The van der Waals surface area contributed by atoms with Crippen molar-refractivity contribution in [2.24, 2.45) is 0 Å². The Kier molecular flexibility index (Phi) is 7.44. The van der Waals surface area contributed by atoms with Crippen LogP contribution in [0.5, 0.6) is 11.5 Å². The van der Waals surface area contributed by atoms with E-state index in [0.717, 1.165) is 36.1 Å². The standard InChI is InChI=1S/C21H25NO5S2/c1-4-27-21(24)19-14-7-5-6-8-17(14)29-20(19)22-18(23)12-28-13-9-10-15(25-2)16(11-13)26-3/h9-11H,4-8,12H2,1-3H3,(H,22,23). The van der Waals surface area contributed by atoms with Crippen LogP contribution in [0.15, 0.2) is 23.1 Å². The third-order valence-corrected chi connectivity index (χ3v) is 6.83. The number of benzene rings is 1. The summed E-state index contributed by atoms with van der Waals surface area (Å²) < 4.78 is 15.8. The van der Waals surface area contributed by atoms with Gasteiger partial charge in [-0.3, -0.25) is 4.79 Å². The maximum absolute atomic E-state index is 12.6. The van der Waals surface area contributed by atoms with Crippen LogP contribution < -0.4 is 14.8 Å². The van der Waals surface area contributed by atoms with E-state index >= 15 is 0 Å². The minimum atomic E-state index is -0.352. The van der Waals surface area contributed by atoms with Crippen LogP contribution >= 0.6 is 23.1 Å². The van der Waals surface area contributed by atoms with Crippen molar-refractivity contribution in [3.8, 4) is 11.5 Å². The van der Waals surface area contributed by atoms with Crippen molar-refractivity contribution in [3.05, 3.63) is 34.2 Å². The van der Waals surface area contributed by atoms with E-state index < -0.39 is 0 Å². The number of nitrogens with one attached hydrogen (secondary N) is 1. The average Bonchev–Trinajstić information content (AvgIpc) is 3.09. The molecule has 1 amide bonds. The SMILES string of the molecule is CCOC(=O)c1c(NC(=O)CSc2ccc(OC)c(OC)c2)sc2c1CCCC2. The van der Waals surface area contributed by atoms with E-state index in [1.807, 2.05) is 18.2 Å². The van der Waals surface area contributed by atoms with Gasteiger partial charge in [-0.1, -0.05) is 0 Å². The largest absolute Gasteiger partial charge is 0.493 e. The Morgan fingerprint density at radius 2 is 1.90 bits per heavy atom. The molecule has 0 fully saturated rings. The van der Waals surface area contributed by atoms with Crippen LogP contribution in [0.25, 0.3) is 0 Å². The number of fused-ring (bicyclic) bond motifs is 1. The number of amides is 1. The van der Waals surface area contributed by atoms with Crippen molar-refractivity contribution in [1.29, 1.82) is 0 Å². The Bertz CT molecular complexity index is 893. The van der Waals surface area contributed by atoms with Crippen LogP contribution in [0.4, 0.5) is 5.00 Å². The lowest BCUT2D eigenvalue weighted by Gasteiger charge is -2.12. The van der Waals surface area contributed by atoms with E-state index in [1.54, 1.807) is 21.1 Å². The topological polar surface area (TPSA) is 73.9 Å². The first-order chi connectivity index (χ1) is 14.1. The third-order valence-electron chi connectivity index (χ3n) is 4.63. The van der Waals surface area contributed by atoms with Crippen molar-refractivity contribution in [2.45, 2.75) is 37.5 Å². The zero-order valence-corrected chi connectivity index (χ0v) is 18.5. The predicted molar refractivity (Wildman–Crippen MR) is 116 cm³/mol. The molecular formula is C21H25NO5S2. The van der Waals surface area contributed by atoms with E-state index in [2.05, 4.69) is 5.32 Å². The number of hydrogen-bond donors (Lipinski definition) is 1. The number of carbonyl (C=O) groups excluding carboxylic acids is 2. The van der Waals surface area contributed by atoms with Gasteiger partial charge in [-0.05, 0) is 56.4 Å². The minimum Gasteiger partial charge on any atom is -0.493 e. The molecule has 8 heteroatoms. The number of hydrogen-bond acceptors (Lipinski definition) is 7. The summed E-state index contributed by atoms with van der Waals surface area (Å²) in [6, 6.07) is 5.53. The van der Waals surface area contributed by atoms with Gasteiger partial charge in [0.05, 0.1) is 32.1 Å². The minimum absolute atomic E-state index is 0.158. The summed E-state index contributed by atoms with van der Waals surface area (Å²) in [6.45, 7) is 2.10. The molecule has 0 spiro atoms. The summed E-state index contributed by atoms with van der Waals surface area (Å²) in [5, 5.41) is 3.54. The number of aryl methyl sites for hydroxylation is 1. The molecule has 1 aliphatic carbocycles. The van der Waals surface area contributed by atoms with Crippen molar-refractivity contribution < 1.29 is 23.8 Å². The molecule has 156 valence electrons. The maximum Gasteiger partial charge on any atom is 0.341 e. The monoisotopic (exact) mass is 435 g/mol. The summed E-state index contributed by atoms with van der Waals surface area (Å²) in [5.41, 5.74) is 1.58. The summed E-state index contributed by atoms with van der Waals surface area (Å²) in [6.07, 6.45) is 3.97. The predicted octanol–water partition coefficient (Wildman–Crippen LogP) is 4.55. The van der Waals surface area contributed by atoms with Crippen LogP contribution in [0.1, 0.15) is 40.6 Å². The first-order valence-corrected chi connectivity index (χ1v) is 11.3. The van der Waals surface area contributed by atoms with Gasteiger partial charge in [0, 0.05) is 9.77 Å². The molecule has 1 aromatic heterocycles. The molecule has 29 heavy (non-hydrogen) atoms. The van der Waals surface area contributed by atoms with Gasteiger partial charge in [-0.2, -0.15) is 0 Å². The molecule has 1 aromatic carbocycles. The smallest absolute Gasteiger partial charge is 0.341 e. The summed E-state index contributed by atoms with van der Waals surface area (Å²) in [7, 11) is 3.16. The molecule has 0 radical (unpaired) electrons. The van der Waals surface area contributed by atoms with E-state index in [1.165, 1.54) is 28.0 Å². The normalized spacial score (nSPS) is 12.8. The lowest BCUT2D eigenvalue weighted by molar-refractivity contribution is -0.113. The van der Waals surface area contributed by atoms with Crippen molar-refractivity contribution >= 4 is 40.0 Å². The van der Waals surface area contributed by atoms with Gasteiger partial charge < -0.3 is 19.5 Å². The van der Waals surface area contributed by atoms with Gasteiger partial charge in [-0.15, -0.1) is 23.1 Å². The molecule has 0 unspecified atom stereocenters. The molecule has 0 saturated carbocycles. The fraction of sp³-hybridized carbons (Fsp3) is 0.429. The number of carbonyl (C=O) groups is 2. The number of ether oxygens (including phenoxy) is 3. The molecule has 1 heterocycles. The second-order valence-corrected chi connectivity index (χ2v) is 8.64. The molecule has 2 aromatic rings. The number of thioether (sulfide) groups is 1. The average molecular weight is 436 g/mol. The molecular weight excluding hydrogens is 410 g/mol. The second kappa shape index (κ2) is 10.0. The Morgan fingerprint density at radius 3 is 2.62 bits per heavy atom. The number of methoxy groups -OCH3 is 2. The molecule has 0 atom stereocenters. The quantitative estimate of drug-likeness (QED) is 0.484.